The molecule has 0 bridgehead atoms. The van der Waals surface area contributed by atoms with Crippen molar-refractivity contribution in [1.82, 2.24) is 9.97 Å². The zero-order chi connectivity index (χ0) is 27.9. The van der Waals surface area contributed by atoms with Crippen molar-refractivity contribution in [2.24, 2.45) is 0 Å². The van der Waals surface area contributed by atoms with E-state index in [9.17, 15) is 0 Å². The summed E-state index contributed by atoms with van der Waals surface area (Å²) < 4.78 is 0. The lowest BCUT2D eigenvalue weighted by Gasteiger charge is -2.48. The van der Waals surface area contributed by atoms with Gasteiger partial charge in [-0.1, -0.05) is 125 Å². The fourth-order valence-corrected chi connectivity index (χ4v) is 6.89. The molecule has 0 spiro atoms. The molecule has 0 radical (unpaired) electrons. The van der Waals surface area contributed by atoms with Crippen LogP contribution in [0.4, 0.5) is 17.3 Å². The van der Waals surface area contributed by atoms with Crippen molar-refractivity contribution in [3.8, 4) is 22.5 Å². The van der Waals surface area contributed by atoms with Gasteiger partial charge in [-0.15, -0.1) is 0 Å². The van der Waals surface area contributed by atoms with Gasteiger partial charge in [0.2, 0.25) is 0 Å². The van der Waals surface area contributed by atoms with Gasteiger partial charge in [-0.2, -0.15) is 0 Å². The van der Waals surface area contributed by atoms with E-state index < -0.39 is 0 Å². The van der Waals surface area contributed by atoms with Crippen LogP contribution in [0.2, 0.25) is 0 Å². The molecular formula is C38H31N3. The summed E-state index contributed by atoms with van der Waals surface area (Å²) >= 11 is 0. The third-order valence-corrected chi connectivity index (χ3v) is 9.24. The Hall–Kier alpha value is -4.76. The number of hydrogen-bond donors (Lipinski definition) is 0. The van der Waals surface area contributed by atoms with Gasteiger partial charge in [0.1, 0.15) is 11.6 Å². The highest BCUT2D eigenvalue weighted by molar-refractivity contribution is 5.92. The maximum absolute atomic E-state index is 5.45. The van der Waals surface area contributed by atoms with E-state index in [4.69, 9.17) is 9.97 Å². The van der Waals surface area contributed by atoms with E-state index in [1.165, 1.54) is 38.7 Å². The first-order chi connectivity index (χ1) is 19.8. The Bertz CT molecular complexity index is 1990. The number of rotatable bonds is 2. The number of para-hydroxylation sites is 1. The highest BCUT2D eigenvalue weighted by atomic mass is 15.3. The molecule has 2 aromatic heterocycles. The van der Waals surface area contributed by atoms with Crippen molar-refractivity contribution in [1.29, 1.82) is 0 Å². The van der Waals surface area contributed by atoms with Crippen LogP contribution in [0.1, 0.15) is 49.9 Å². The largest absolute Gasteiger partial charge is 0.278 e. The lowest BCUT2D eigenvalue weighted by Crippen LogP contribution is -2.39. The van der Waals surface area contributed by atoms with Crippen LogP contribution >= 0.6 is 0 Å². The van der Waals surface area contributed by atoms with Crippen molar-refractivity contribution in [3.05, 3.63) is 138 Å². The summed E-state index contributed by atoms with van der Waals surface area (Å²) in [6.07, 6.45) is 0. The molecule has 41 heavy (non-hydrogen) atoms. The molecule has 0 N–H and O–H groups in total. The second-order valence-electron chi connectivity index (χ2n) is 12.4. The summed E-state index contributed by atoms with van der Waals surface area (Å²) in [6, 6.07) is 41.3. The van der Waals surface area contributed by atoms with Gasteiger partial charge in [-0.25, -0.2) is 9.97 Å². The smallest absolute Gasteiger partial charge is 0.143 e. The van der Waals surface area contributed by atoms with Gasteiger partial charge in [0.05, 0.1) is 17.1 Å². The van der Waals surface area contributed by atoms with Crippen LogP contribution in [-0.4, -0.2) is 9.97 Å². The number of pyridine rings is 2. The molecule has 0 amide bonds. The van der Waals surface area contributed by atoms with Gasteiger partial charge in [0, 0.05) is 33.1 Å². The molecule has 0 saturated heterocycles. The lowest BCUT2D eigenvalue weighted by molar-refractivity contribution is 0.591. The quantitative estimate of drug-likeness (QED) is 0.224. The van der Waals surface area contributed by atoms with E-state index in [2.05, 4.69) is 148 Å². The first-order valence-corrected chi connectivity index (χ1v) is 14.4. The molecule has 3 nitrogen and oxygen atoms in total. The van der Waals surface area contributed by atoms with Crippen molar-refractivity contribution in [2.75, 3.05) is 4.90 Å². The standard InChI is InChI=1S/C38H31N3/c1-37(2)28-15-10-16-29-34(28)41(35-30(37)19-21-32(39-35)25-12-6-5-7-13-25)36-31(38(29,3)4)20-22-33(40-36)27-18-17-24-11-8-9-14-26(24)23-27/h5-23H,1-4H3. The second-order valence-corrected chi connectivity index (χ2v) is 12.4. The van der Waals surface area contributed by atoms with E-state index in [1.54, 1.807) is 0 Å². The van der Waals surface area contributed by atoms with Crippen molar-refractivity contribution in [3.63, 3.8) is 0 Å². The van der Waals surface area contributed by atoms with E-state index in [-0.39, 0.29) is 10.8 Å². The van der Waals surface area contributed by atoms with E-state index in [0.717, 1.165) is 34.2 Å². The molecule has 4 aromatic carbocycles. The number of fused-ring (bicyclic) bond motifs is 5. The minimum absolute atomic E-state index is 0.205. The molecule has 8 rings (SSSR count). The Morgan fingerprint density at radius 2 is 1.02 bits per heavy atom. The van der Waals surface area contributed by atoms with Gasteiger partial charge < -0.3 is 0 Å². The average Bonchev–Trinajstić information content (AvgIpc) is 3.00. The van der Waals surface area contributed by atoms with Gasteiger partial charge in [-0.3, -0.25) is 4.90 Å². The lowest BCUT2D eigenvalue weighted by atomic mass is 9.67. The van der Waals surface area contributed by atoms with Crippen LogP contribution in [-0.2, 0) is 10.8 Å². The van der Waals surface area contributed by atoms with Crippen LogP contribution in [0, 0.1) is 0 Å². The maximum atomic E-state index is 5.45. The van der Waals surface area contributed by atoms with Crippen LogP contribution < -0.4 is 4.90 Å². The first-order valence-electron chi connectivity index (χ1n) is 14.4. The van der Waals surface area contributed by atoms with Crippen LogP contribution in [0.15, 0.2) is 115 Å². The van der Waals surface area contributed by atoms with Gasteiger partial charge >= 0.3 is 0 Å². The highest BCUT2D eigenvalue weighted by Gasteiger charge is 2.46. The van der Waals surface area contributed by atoms with Crippen LogP contribution in [0.3, 0.4) is 0 Å². The van der Waals surface area contributed by atoms with E-state index in [1.807, 2.05) is 0 Å². The zero-order valence-electron chi connectivity index (χ0n) is 23.8. The monoisotopic (exact) mass is 529 g/mol. The fraction of sp³-hybridized carbons (Fsp3) is 0.158. The minimum Gasteiger partial charge on any atom is -0.278 e. The van der Waals surface area contributed by atoms with Gasteiger partial charge in [-0.05, 0) is 40.1 Å². The number of nitrogens with zero attached hydrogens (tertiary/aromatic N) is 3. The molecule has 2 aliphatic rings. The number of benzene rings is 4. The molecule has 0 fully saturated rings. The molecule has 198 valence electrons. The Balaban J connectivity index is 1.41. The SMILES string of the molecule is CC1(C)c2ccc(-c3ccccc3)nc2N2c3nc(-c4ccc5ccccc5c4)ccc3C(C)(C)c3cccc1c32. The average molecular weight is 530 g/mol. The summed E-state index contributed by atoms with van der Waals surface area (Å²) in [7, 11) is 0. The third kappa shape index (κ3) is 3.39. The Labute approximate surface area is 241 Å². The second kappa shape index (κ2) is 8.37. The van der Waals surface area contributed by atoms with Crippen LogP contribution in [0.25, 0.3) is 33.3 Å². The molecule has 0 saturated carbocycles. The molecular weight excluding hydrogens is 498 g/mol. The van der Waals surface area contributed by atoms with E-state index in [0.29, 0.717) is 0 Å². The predicted molar refractivity (Wildman–Crippen MR) is 169 cm³/mol. The highest BCUT2D eigenvalue weighted by Crippen LogP contribution is 2.59. The number of anilines is 3. The fourth-order valence-electron chi connectivity index (χ4n) is 6.89. The van der Waals surface area contributed by atoms with Crippen LogP contribution in [0.5, 0.6) is 0 Å². The molecule has 3 heteroatoms. The summed E-state index contributed by atoms with van der Waals surface area (Å²) in [5.74, 6) is 1.94. The number of hydrogen-bond acceptors (Lipinski definition) is 3. The van der Waals surface area contributed by atoms with Gasteiger partial charge in [0.15, 0.2) is 0 Å². The first kappa shape index (κ1) is 24.1. The molecule has 4 heterocycles. The summed E-state index contributed by atoms with van der Waals surface area (Å²) in [5.41, 5.74) is 10.0. The Kier molecular flexibility index (Phi) is 4.92. The normalized spacial score (nSPS) is 15.7. The molecule has 2 aliphatic heterocycles. The zero-order valence-corrected chi connectivity index (χ0v) is 23.8. The third-order valence-electron chi connectivity index (χ3n) is 9.24. The maximum Gasteiger partial charge on any atom is 0.143 e. The van der Waals surface area contributed by atoms with Crippen molar-refractivity contribution >= 4 is 28.1 Å². The Morgan fingerprint density at radius 3 is 1.66 bits per heavy atom. The predicted octanol–water partition coefficient (Wildman–Crippen LogP) is 9.71. The van der Waals surface area contributed by atoms with E-state index >= 15 is 0 Å². The molecule has 6 aromatic rings. The van der Waals surface area contributed by atoms with Crippen molar-refractivity contribution < 1.29 is 0 Å². The molecule has 0 aliphatic carbocycles. The number of aromatic nitrogens is 2. The minimum atomic E-state index is -0.212. The Morgan fingerprint density at radius 1 is 0.463 bits per heavy atom. The summed E-state index contributed by atoms with van der Waals surface area (Å²) in [4.78, 5) is 13.2. The molecule has 0 unspecified atom stereocenters. The topological polar surface area (TPSA) is 29.0 Å². The van der Waals surface area contributed by atoms with Crippen molar-refractivity contribution in [2.45, 2.75) is 38.5 Å². The molecule has 0 atom stereocenters. The summed E-state index contributed by atoms with van der Waals surface area (Å²) in [6.45, 7) is 9.30. The van der Waals surface area contributed by atoms with Gasteiger partial charge in [0.25, 0.3) is 0 Å². The summed E-state index contributed by atoms with van der Waals surface area (Å²) in [5, 5.41) is 2.45.